The molecule has 2 N–H and O–H groups in total. The van der Waals surface area contributed by atoms with E-state index < -0.39 is 11.5 Å². The zero-order valence-corrected chi connectivity index (χ0v) is 15.7. The fourth-order valence-electron chi connectivity index (χ4n) is 2.65. The molecule has 0 atom stereocenters. The third kappa shape index (κ3) is 4.63. The van der Waals surface area contributed by atoms with Crippen LogP contribution >= 0.6 is 0 Å². The zero-order valence-electron chi connectivity index (χ0n) is 15.7. The van der Waals surface area contributed by atoms with E-state index in [9.17, 15) is 14.4 Å². The molecule has 3 aromatic rings. The van der Waals surface area contributed by atoms with E-state index >= 15 is 0 Å². The van der Waals surface area contributed by atoms with Crippen LogP contribution in [0.25, 0.3) is 11.0 Å². The Kier molecular flexibility index (Phi) is 5.86. The topological polar surface area (TPSA) is 91.7 Å². The van der Waals surface area contributed by atoms with E-state index in [0.29, 0.717) is 28.8 Å². The maximum absolute atomic E-state index is 12.5. The first-order chi connectivity index (χ1) is 13.4. The SMILES string of the molecule is CN(C)CCNC(=O)c1cccc(NC(=O)c2cc3ccccc3oc2=O)c1. The summed E-state index contributed by atoms with van der Waals surface area (Å²) in [6.45, 7) is 1.24. The summed E-state index contributed by atoms with van der Waals surface area (Å²) in [6, 6.07) is 15.0. The molecule has 1 heterocycles. The Hall–Kier alpha value is -3.45. The van der Waals surface area contributed by atoms with Crippen molar-refractivity contribution in [3.8, 4) is 0 Å². The van der Waals surface area contributed by atoms with Gasteiger partial charge in [0.15, 0.2) is 0 Å². The summed E-state index contributed by atoms with van der Waals surface area (Å²) in [7, 11) is 3.84. The standard InChI is InChI=1S/C21H21N3O4/c1-24(2)11-10-22-19(25)15-7-5-8-16(12-15)23-20(26)17-13-14-6-3-4-9-18(14)28-21(17)27/h3-9,12-13H,10-11H2,1-2H3,(H,22,25)(H,23,26). The number of fused-ring (bicyclic) bond motifs is 1. The summed E-state index contributed by atoms with van der Waals surface area (Å²) in [5.41, 5.74) is 0.439. The Balaban J connectivity index is 1.75. The van der Waals surface area contributed by atoms with Crippen LogP contribution in [0.3, 0.4) is 0 Å². The first-order valence-electron chi connectivity index (χ1n) is 8.81. The van der Waals surface area contributed by atoms with Gasteiger partial charge in [0, 0.05) is 29.7 Å². The summed E-state index contributed by atoms with van der Waals surface area (Å²) < 4.78 is 5.19. The first kappa shape index (κ1) is 19.3. The highest BCUT2D eigenvalue weighted by Crippen LogP contribution is 2.15. The van der Waals surface area contributed by atoms with Crippen molar-refractivity contribution in [2.45, 2.75) is 0 Å². The average molecular weight is 379 g/mol. The third-order valence-corrected chi connectivity index (χ3v) is 4.11. The molecule has 0 bridgehead atoms. The average Bonchev–Trinajstić information content (AvgIpc) is 2.67. The lowest BCUT2D eigenvalue weighted by Gasteiger charge is -2.11. The molecule has 0 fully saturated rings. The van der Waals surface area contributed by atoms with Gasteiger partial charge in [0.2, 0.25) is 0 Å². The Labute approximate surface area is 162 Å². The predicted molar refractivity (Wildman–Crippen MR) is 108 cm³/mol. The van der Waals surface area contributed by atoms with Gasteiger partial charge in [-0.15, -0.1) is 0 Å². The Morgan fingerprint density at radius 2 is 1.79 bits per heavy atom. The van der Waals surface area contributed by atoms with E-state index in [1.807, 2.05) is 19.0 Å². The molecular weight excluding hydrogens is 358 g/mol. The zero-order chi connectivity index (χ0) is 20.1. The molecule has 0 saturated heterocycles. The fourth-order valence-corrected chi connectivity index (χ4v) is 2.65. The largest absolute Gasteiger partial charge is 0.422 e. The minimum atomic E-state index is -0.714. The second kappa shape index (κ2) is 8.49. The van der Waals surface area contributed by atoms with Crippen molar-refractivity contribution < 1.29 is 14.0 Å². The van der Waals surface area contributed by atoms with Crippen LogP contribution in [0.4, 0.5) is 5.69 Å². The molecule has 0 spiro atoms. The summed E-state index contributed by atoms with van der Waals surface area (Å²) in [6.07, 6.45) is 0. The minimum absolute atomic E-state index is 0.0977. The van der Waals surface area contributed by atoms with Gasteiger partial charge in [-0.2, -0.15) is 0 Å². The van der Waals surface area contributed by atoms with Crippen molar-refractivity contribution in [2.24, 2.45) is 0 Å². The molecule has 7 heteroatoms. The minimum Gasteiger partial charge on any atom is -0.422 e. The first-order valence-corrected chi connectivity index (χ1v) is 8.81. The van der Waals surface area contributed by atoms with Gasteiger partial charge in [0.1, 0.15) is 11.1 Å². The summed E-state index contributed by atoms with van der Waals surface area (Å²) >= 11 is 0. The molecule has 2 amide bonds. The highest BCUT2D eigenvalue weighted by molar-refractivity contribution is 6.06. The lowest BCUT2D eigenvalue weighted by atomic mass is 10.1. The maximum Gasteiger partial charge on any atom is 0.349 e. The van der Waals surface area contributed by atoms with Gasteiger partial charge in [-0.1, -0.05) is 24.3 Å². The quantitative estimate of drug-likeness (QED) is 0.642. The van der Waals surface area contributed by atoms with E-state index in [0.717, 1.165) is 6.54 Å². The number of nitrogens with one attached hydrogen (secondary N) is 2. The summed E-state index contributed by atoms with van der Waals surface area (Å²) in [4.78, 5) is 38.8. The Morgan fingerprint density at radius 3 is 2.57 bits per heavy atom. The van der Waals surface area contributed by atoms with Crippen molar-refractivity contribution in [3.63, 3.8) is 0 Å². The van der Waals surface area contributed by atoms with Crippen molar-refractivity contribution in [1.82, 2.24) is 10.2 Å². The second-order valence-corrected chi connectivity index (χ2v) is 6.58. The number of anilines is 1. The molecule has 2 aromatic carbocycles. The normalized spacial score (nSPS) is 10.8. The van der Waals surface area contributed by atoms with Crippen LogP contribution in [0.2, 0.25) is 0 Å². The number of likely N-dealkylation sites (N-methyl/N-ethyl adjacent to an activating group) is 1. The molecule has 28 heavy (non-hydrogen) atoms. The van der Waals surface area contributed by atoms with Crippen LogP contribution < -0.4 is 16.3 Å². The van der Waals surface area contributed by atoms with Crippen molar-refractivity contribution in [1.29, 1.82) is 0 Å². The number of carbonyl (C=O) groups is 2. The highest BCUT2D eigenvalue weighted by Gasteiger charge is 2.15. The summed E-state index contributed by atoms with van der Waals surface area (Å²) in [5, 5.41) is 6.11. The second-order valence-electron chi connectivity index (χ2n) is 6.58. The lowest BCUT2D eigenvalue weighted by molar-refractivity contribution is 0.0949. The van der Waals surface area contributed by atoms with Crippen LogP contribution in [0.5, 0.6) is 0 Å². The van der Waals surface area contributed by atoms with E-state index in [1.165, 1.54) is 6.07 Å². The highest BCUT2D eigenvalue weighted by atomic mass is 16.4. The van der Waals surface area contributed by atoms with Gasteiger partial charge in [-0.3, -0.25) is 9.59 Å². The third-order valence-electron chi connectivity index (χ3n) is 4.11. The van der Waals surface area contributed by atoms with Gasteiger partial charge in [-0.25, -0.2) is 4.79 Å². The molecule has 0 aliphatic rings. The molecule has 3 rings (SSSR count). The Morgan fingerprint density at radius 1 is 1.00 bits per heavy atom. The molecular formula is C21H21N3O4. The van der Waals surface area contributed by atoms with Crippen LogP contribution in [-0.4, -0.2) is 43.9 Å². The van der Waals surface area contributed by atoms with Gasteiger partial charge < -0.3 is 20.0 Å². The van der Waals surface area contributed by atoms with Gasteiger partial charge >= 0.3 is 5.63 Å². The number of hydrogen-bond donors (Lipinski definition) is 2. The van der Waals surface area contributed by atoms with Crippen LogP contribution in [0.15, 0.2) is 63.8 Å². The molecule has 0 radical (unpaired) electrons. The van der Waals surface area contributed by atoms with E-state index in [-0.39, 0.29) is 11.5 Å². The monoisotopic (exact) mass is 379 g/mol. The maximum atomic E-state index is 12.5. The predicted octanol–water partition coefficient (Wildman–Crippen LogP) is 2.34. The van der Waals surface area contributed by atoms with E-state index in [2.05, 4.69) is 10.6 Å². The molecule has 144 valence electrons. The van der Waals surface area contributed by atoms with Crippen LogP contribution in [0, 0.1) is 0 Å². The molecule has 0 saturated carbocycles. The number of nitrogens with zero attached hydrogens (tertiary/aromatic N) is 1. The van der Waals surface area contributed by atoms with Crippen LogP contribution in [-0.2, 0) is 0 Å². The van der Waals surface area contributed by atoms with Crippen molar-refractivity contribution >= 4 is 28.5 Å². The molecule has 0 aliphatic heterocycles. The van der Waals surface area contributed by atoms with Crippen molar-refractivity contribution in [3.05, 3.63) is 76.1 Å². The molecule has 0 aliphatic carbocycles. The number of rotatable bonds is 6. The number of hydrogen-bond acceptors (Lipinski definition) is 5. The fraction of sp³-hybridized carbons (Fsp3) is 0.190. The lowest BCUT2D eigenvalue weighted by Crippen LogP contribution is -2.31. The van der Waals surface area contributed by atoms with Crippen molar-refractivity contribution in [2.75, 3.05) is 32.5 Å². The van der Waals surface area contributed by atoms with Gasteiger partial charge in [0.25, 0.3) is 11.8 Å². The summed E-state index contributed by atoms with van der Waals surface area (Å²) in [5.74, 6) is -0.826. The van der Waals surface area contributed by atoms with Crippen LogP contribution in [0.1, 0.15) is 20.7 Å². The number of para-hydroxylation sites is 1. The molecule has 1 aromatic heterocycles. The molecule has 0 unspecified atom stereocenters. The number of amides is 2. The Bertz CT molecular complexity index is 1070. The van der Waals surface area contributed by atoms with Gasteiger partial charge in [0.05, 0.1) is 0 Å². The molecule has 7 nitrogen and oxygen atoms in total. The van der Waals surface area contributed by atoms with E-state index in [1.54, 1.807) is 48.5 Å². The van der Waals surface area contributed by atoms with Gasteiger partial charge in [-0.05, 0) is 44.4 Å². The van der Waals surface area contributed by atoms with E-state index in [4.69, 9.17) is 4.42 Å². The number of benzene rings is 2. The number of carbonyl (C=O) groups excluding carboxylic acids is 2. The smallest absolute Gasteiger partial charge is 0.349 e.